The maximum atomic E-state index is 16.9. The number of rotatable bonds is 4. The van der Waals surface area contributed by atoms with Crippen molar-refractivity contribution in [1.82, 2.24) is 25.2 Å². The molecule has 2 aromatic heterocycles. The summed E-state index contributed by atoms with van der Waals surface area (Å²) in [5.41, 5.74) is 1.41. The van der Waals surface area contributed by atoms with Gasteiger partial charge in [-0.1, -0.05) is 6.42 Å². The molecule has 1 aromatic carbocycles. The summed E-state index contributed by atoms with van der Waals surface area (Å²) < 4.78 is 87.7. The number of anilines is 2. The number of piperazine rings is 1. The van der Waals surface area contributed by atoms with E-state index in [0.717, 1.165) is 64.5 Å². The highest BCUT2D eigenvalue weighted by Crippen LogP contribution is 2.49. The van der Waals surface area contributed by atoms with Gasteiger partial charge in [0.1, 0.15) is 34.3 Å². The highest BCUT2D eigenvalue weighted by Gasteiger charge is 2.49. The van der Waals surface area contributed by atoms with Gasteiger partial charge in [0, 0.05) is 35.6 Å². The summed E-state index contributed by atoms with van der Waals surface area (Å²) in [6, 6.07) is 1.12. The number of hydrogen-bond acceptors (Lipinski definition) is 9. The molecule has 252 valence electrons. The second kappa shape index (κ2) is 10.7. The van der Waals surface area contributed by atoms with Gasteiger partial charge >= 0.3 is 12.2 Å². The molecular weight excluding hydrogens is 621 g/mol. The lowest BCUT2D eigenvalue weighted by Gasteiger charge is -2.44. The minimum atomic E-state index is -5.03. The van der Waals surface area contributed by atoms with Crippen LogP contribution in [0.3, 0.4) is 0 Å². The molecule has 3 aromatic rings. The molecule has 4 aliphatic heterocycles. The molecule has 9 nitrogen and oxygen atoms in total. The van der Waals surface area contributed by atoms with E-state index in [4.69, 9.17) is 20.2 Å². The molecule has 2 bridgehead atoms. The van der Waals surface area contributed by atoms with Crippen LogP contribution in [0, 0.1) is 24.0 Å². The highest BCUT2D eigenvalue weighted by molar-refractivity contribution is 5.97. The maximum Gasteiger partial charge on any atom is 0.417 e. The minimum absolute atomic E-state index is 0.0484. The van der Waals surface area contributed by atoms with Crippen molar-refractivity contribution >= 4 is 22.4 Å². The van der Waals surface area contributed by atoms with Gasteiger partial charge < -0.3 is 30.3 Å². The van der Waals surface area contributed by atoms with Gasteiger partial charge in [-0.2, -0.15) is 23.1 Å². The van der Waals surface area contributed by atoms with Crippen LogP contribution < -0.4 is 25.4 Å². The number of hydrogen-bond donors (Lipinski definition) is 2. The van der Waals surface area contributed by atoms with Crippen LogP contribution in [-0.4, -0.2) is 76.9 Å². The van der Waals surface area contributed by atoms with Crippen molar-refractivity contribution in [1.29, 1.82) is 0 Å². The normalized spacial score (nSPS) is 30.2. The summed E-state index contributed by atoms with van der Waals surface area (Å²) in [5, 5.41) is 3.81. The Bertz CT molecular complexity index is 1770. The molecule has 8 rings (SSSR count). The molecule has 47 heavy (non-hydrogen) atoms. The van der Waals surface area contributed by atoms with Crippen molar-refractivity contribution in [3.8, 4) is 23.1 Å². The molecular formula is C33H38F5N7O2. The summed E-state index contributed by atoms with van der Waals surface area (Å²) >= 11 is 0. The molecule has 2 unspecified atom stereocenters. The Morgan fingerprint density at radius 2 is 1.89 bits per heavy atom. The molecule has 0 spiro atoms. The monoisotopic (exact) mass is 659 g/mol. The average Bonchev–Trinajstić information content (AvgIpc) is 3.60. The van der Waals surface area contributed by atoms with Gasteiger partial charge in [0.2, 0.25) is 5.88 Å². The Morgan fingerprint density at radius 3 is 2.68 bits per heavy atom. The SMILES string of the molecule is Cc1c(F)c(N)cc(-c2nc3c4c(nc(OCC56CCCC5N(C)CCC6)nc4c2F)N2C[C@H]4CC[C@H](N4)[C@H]2[C@H](C)O3)c1C(F)(F)F. The molecule has 14 heteroatoms. The Labute approximate surface area is 269 Å². The Balaban J connectivity index is 1.32. The van der Waals surface area contributed by atoms with E-state index < -0.39 is 52.0 Å². The van der Waals surface area contributed by atoms with Crippen LogP contribution in [0.5, 0.6) is 11.9 Å². The fraction of sp³-hybridized carbons (Fsp3) is 0.606. The minimum Gasteiger partial charge on any atom is -0.472 e. The molecule has 6 heterocycles. The molecule has 0 amide bonds. The Kier molecular flexibility index (Phi) is 7.04. The fourth-order valence-corrected chi connectivity index (χ4v) is 9.29. The van der Waals surface area contributed by atoms with E-state index in [1.165, 1.54) is 0 Å². The van der Waals surface area contributed by atoms with Crippen molar-refractivity contribution in [2.75, 3.05) is 37.4 Å². The summed E-state index contributed by atoms with van der Waals surface area (Å²) in [7, 11) is 2.13. The van der Waals surface area contributed by atoms with Crippen LogP contribution in [-0.2, 0) is 6.18 Å². The number of nitrogens with zero attached hydrogens (tertiary/aromatic N) is 5. The third-order valence-corrected chi connectivity index (χ3v) is 11.4. The summed E-state index contributed by atoms with van der Waals surface area (Å²) in [6.45, 7) is 4.77. The lowest BCUT2D eigenvalue weighted by molar-refractivity contribution is -0.137. The van der Waals surface area contributed by atoms with Gasteiger partial charge in [0.15, 0.2) is 5.82 Å². The zero-order valence-corrected chi connectivity index (χ0v) is 26.6. The first-order valence-corrected chi connectivity index (χ1v) is 16.5. The van der Waals surface area contributed by atoms with E-state index in [1.54, 1.807) is 0 Å². The second-order valence-corrected chi connectivity index (χ2v) is 14.1. The number of benzene rings is 1. The number of ether oxygens (including phenoxy) is 2. The standard InChI is InChI=1S/C33H38F5N7O2/c1-15-23(33(36,37)38)18(12-19(39)24(15)34)26-25(35)27-22-29(45-13-17-7-8-20(40-17)28(45)16(2)47-30(22)41-26)43-31(42-27)46-14-32-9-4-6-21(32)44(3)11-5-10-32/h12,16-17,20-21,28,40H,4-11,13-14,39H2,1-3H3/t16-,17+,20-,21?,28+,32?/m0/s1. The Morgan fingerprint density at radius 1 is 1.11 bits per heavy atom. The number of fused-ring (bicyclic) bond motifs is 6. The van der Waals surface area contributed by atoms with Gasteiger partial charge in [-0.15, -0.1) is 0 Å². The van der Waals surface area contributed by atoms with Crippen molar-refractivity contribution in [2.45, 2.75) is 95.2 Å². The number of halogens is 5. The second-order valence-electron chi connectivity index (χ2n) is 14.1. The van der Waals surface area contributed by atoms with Gasteiger partial charge in [-0.3, -0.25) is 0 Å². The molecule has 6 atom stereocenters. The third-order valence-electron chi connectivity index (χ3n) is 11.4. The summed E-state index contributed by atoms with van der Waals surface area (Å²) in [4.78, 5) is 18.2. The number of nitrogens with one attached hydrogen (secondary N) is 1. The van der Waals surface area contributed by atoms with Crippen LogP contribution in [0.4, 0.5) is 33.5 Å². The van der Waals surface area contributed by atoms with Crippen LogP contribution in [0.2, 0.25) is 0 Å². The van der Waals surface area contributed by atoms with E-state index in [0.29, 0.717) is 25.0 Å². The van der Waals surface area contributed by atoms with Crippen molar-refractivity contribution in [3.63, 3.8) is 0 Å². The number of alkyl halides is 3. The number of piperidine rings is 1. The molecule has 4 fully saturated rings. The predicted octanol–water partition coefficient (Wildman–Crippen LogP) is 5.61. The lowest BCUT2D eigenvalue weighted by Crippen LogP contribution is -2.62. The van der Waals surface area contributed by atoms with Crippen LogP contribution in [0.25, 0.3) is 22.2 Å². The highest BCUT2D eigenvalue weighted by atomic mass is 19.4. The van der Waals surface area contributed by atoms with Crippen LogP contribution >= 0.6 is 0 Å². The number of nitrogen functional groups attached to an aromatic ring is 1. The number of likely N-dealkylation sites (tertiary alicyclic amines) is 1. The van der Waals surface area contributed by atoms with E-state index in [2.05, 4.69) is 32.1 Å². The molecule has 5 aliphatic rings. The predicted molar refractivity (Wildman–Crippen MR) is 165 cm³/mol. The maximum absolute atomic E-state index is 16.9. The van der Waals surface area contributed by atoms with Crippen LogP contribution in [0.1, 0.15) is 63.0 Å². The van der Waals surface area contributed by atoms with Crippen molar-refractivity contribution in [3.05, 3.63) is 28.8 Å². The molecule has 3 saturated heterocycles. The average molecular weight is 660 g/mol. The zero-order chi connectivity index (χ0) is 33.0. The fourth-order valence-electron chi connectivity index (χ4n) is 9.29. The van der Waals surface area contributed by atoms with E-state index in [9.17, 15) is 17.6 Å². The first-order valence-electron chi connectivity index (χ1n) is 16.5. The lowest BCUT2D eigenvalue weighted by atomic mass is 9.76. The van der Waals surface area contributed by atoms with E-state index >= 15 is 4.39 Å². The first-order chi connectivity index (χ1) is 22.4. The van der Waals surface area contributed by atoms with Crippen molar-refractivity contribution < 1.29 is 31.4 Å². The van der Waals surface area contributed by atoms with Gasteiger partial charge in [-0.05, 0) is 77.6 Å². The first kappa shape index (κ1) is 30.8. The third kappa shape index (κ3) is 4.72. The molecule has 1 saturated carbocycles. The van der Waals surface area contributed by atoms with E-state index in [-0.39, 0.29) is 46.3 Å². The largest absolute Gasteiger partial charge is 0.472 e. The van der Waals surface area contributed by atoms with Gasteiger partial charge in [-0.25, -0.2) is 13.8 Å². The number of pyridine rings is 1. The van der Waals surface area contributed by atoms with Crippen molar-refractivity contribution in [2.24, 2.45) is 5.41 Å². The topological polar surface area (TPSA) is 102 Å². The van der Waals surface area contributed by atoms with Gasteiger partial charge in [0.25, 0.3) is 0 Å². The number of nitrogens with two attached hydrogens (primary N) is 1. The summed E-state index contributed by atoms with van der Waals surface area (Å²) in [5.74, 6) is -2.04. The van der Waals surface area contributed by atoms with Gasteiger partial charge in [0.05, 0.1) is 23.9 Å². The molecule has 0 radical (unpaired) electrons. The van der Waals surface area contributed by atoms with E-state index in [1.807, 2.05) is 6.92 Å². The van der Waals surface area contributed by atoms with Crippen LogP contribution in [0.15, 0.2) is 6.07 Å². The zero-order valence-electron chi connectivity index (χ0n) is 26.6. The summed E-state index contributed by atoms with van der Waals surface area (Å²) in [6.07, 6.45) is 1.53. The quantitative estimate of drug-likeness (QED) is 0.273. The Hall–Kier alpha value is -3.52. The smallest absolute Gasteiger partial charge is 0.417 e. The molecule has 1 aliphatic carbocycles. The number of aromatic nitrogens is 3. The molecule has 3 N–H and O–H groups in total.